The van der Waals surface area contributed by atoms with E-state index >= 15 is 0 Å². The van der Waals surface area contributed by atoms with Crippen molar-refractivity contribution in [2.75, 3.05) is 33.3 Å². The van der Waals surface area contributed by atoms with Crippen molar-refractivity contribution in [1.82, 2.24) is 10.2 Å². The lowest BCUT2D eigenvalue weighted by molar-refractivity contribution is 0.161. The molecular formula is C20H28N2O. The lowest BCUT2D eigenvalue weighted by Crippen LogP contribution is -2.45. The summed E-state index contributed by atoms with van der Waals surface area (Å²) in [6, 6.07) is 13.5. The first-order chi connectivity index (χ1) is 11.3. The highest BCUT2D eigenvalue weighted by Gasteiger charge is 2.26. The second kappa shape index (κ2) is 7.80. The van der Waals surface area contributed by atoms with Crippen LogP contribution in [0.5, 0.6) is 5.75 Å². The van der Waals surface area contributed by atoms with Crippen LogP contribution in [0.4, 0.5) is 0 Å². The minimum Gasteiger partial charge on any atom is -0.496 e. The maximum atomic E-state index is 5.76. The third-order valence-corrected chi connectivity index (χ3v) is 4.91. The van der Waals surface area contributed by atoms with Crippen LogP contribution in [-0.2, 0) is 0 Å². The Morgan fingerprint density at radius 2 is 1.91 bits per heavy atom. The zero-order chi connectivity index (χ0) is 16.1. The molecule has 1 fully saturated rings. The number of ether oxygens (including phenoxy) is 1. The van der Waals surface area contributed by atoms with Crippen LogP contribution in [0, 0.1) is 0 Å². The fraction of sp³-hybridized carbons (Fsp3) is 0.500. The first-order valence-electron chi connectivity index (χ1n) is 8.85. The van der Waals surface area contributed by atoms with Crippen molar-refractivity contribution in [3.8, 4) is 5.75 Å². The monoisotopic (exact) mass is 312 g/mol. The minimum atomic E-state index is 0.443. The van der Waals surface area contributed by atoms with Crippen molar-refractivity contribution in [1.29, 1.82) is 0 Å². The average Bonchev–Trinajstić information content (AvgIpc) is 2.63. The molecule has 0 unspecified atom stereocenters. The van der Waals surface area contributed by atoms with Gasteiger partial charge < -0.3 is 10.1 Å². The number of unbranched alkanes of at least 4 members (excludes halogenated alkanes) is 1. The molecule has 0 spiro atoms. The van der Waals surface area contributed by atoms with E-state index in [-0.39, 0.29) is 0 Å². The fourth-order valence-corrected chi connectivity index (χ4v) is 3.70. The second-order valence-electron chi connectivity index (χ2n) is 6.35. The van der Waals surface area contributed by atoms with Crippen molar-refractivity contribution in [2.24, 2.45) is 0 Å². The van der Waals surface area contributed by atoms with E-state index in [1.54, 1.807) is 7.11 Å². The largest absolute Gasteiger partial charge is 0.496 e. The molecule has 0 aromatic heterocycles. The molecule has 3 heteroatoms. The first kappa shape index (κ1) is 16.3. The Morgan fingerprint density at radius 3 is 2.65 bits per heavy atom. The molecule has 1 aliphatic heterocycles. The van der Waals surface area contributed by atoms with Crippen molar-refractivity contribution in [2.45, 2.75) is 32.2 Å². The highest BCUT2D eigenvalue weighted by molar-refractivity contribution is 5.88. The van der Waals surface area contributed by atoms with Crippen molar-refractivity contribution < 1.29 is 4.74 Å². The van der Waals surface area contributed by atoms with Gasteiger partial charge in [-0.2, -0.15) is 0 Å². The predicted octanol–water partition coefficient (Wildman–Crippen LogP) is 3.98. The summed E-state index contributed by atoms with van der Waals surface area (Å²) in [5.41, 5.74) is 1.38. The van der Waals surface area contributed by atoms with Crippen LogP contribution in [0.1, 0.15) is 37.8 Å². The second-order valence-corrected chi connectivity index (χ2v) is 6.35. The van der Waals surface area contributed by atoms with Gasteiger partial charge >= 0.3 is 0 Å². The molecule has 1 atom stereocenters. The van der Waals surface area contributed by atoms with E-state index in [0.717, 1.165) is 31.9 Å². The standard InChI is InChI=1S/C20H28N2O/c1-3-4-9-18(22-14-12-21-13-15-22)20-17-8-6-5-7-16(17)10-11-19(20)23-2/h5-8,10-11,18,21H,3-4,9,12-15H2,1-2H3/t18-/m0/s1. The number of benzene rings is 2. The smallest absolute Gasteiger partial charge is 0.124 e. The zero-order valence-corrected chi connectivity index (χ0v) is 14.3. The molecular weight excluding hydrogens is 284 g/mol. The molecule has 23 heavy (non-hydrogen) atoms. The summed E-state index contributed by atoms with van der Waals surface area (Å²) in [7, 11) is 1.79. The number of hydrogen-bond donors (Lipinski definition) is 1. The minimum absolute atomic E-state index is 0.443. The Balaban J connectivity index is 2.07. The van der Waals surface area contributed by atoms with E-state index < -0.39 is 0 Å². The Kier molecular flexibility index (Phi) is 5.52. The number of rotatable bonds is 6. The van der Waals surface area contributed by atoms with Crippen molar-refractivity contribution >= 4 is 10.8 Å². The molecule has 0 saturated carbocycles. The lowest BCUT2D eigenvalue weighted by Gasteiger charge is -2.36. The first-order valence-corrected chi connectivity index (χ1v) is 8.85. The Bertz CT molecular complexity index is 635. The van der Waals surface area contributed by atoms with E-state index in [1.807, 2.05) is 0 Å². The van der Waals surface area contributed by atoms with Gasteiger partial charge in [0, 0.05) is 37.8 Å². The van der Waals surface area contributed by atoms with E-state index in [2.05, 4.69) is 53.5 Å². The van der Waals surface area contributed by atoms with E-state index in [4.69, 9.17) is 4.74 Å². The molecule has 2 aromatic carbocycles. The lowest BCUT2D eigenvalue weighted by atomic mass is 9.92. The summed E-state index contributed by atoms with van der Waals surface area (Å²) in [4.78, 5) is 2.64. The SMILES string of the molecule is CCCC[C@@H](c1c(OC)ccc2ccccc12)N1CCNCC1. The van der Waals surface area contributed by atoms with Crippen LogP contribution >= 0.6 is 0 Å². The van der Waals surface area contributed by atoms with Crippen LogP contribution in [0.15, 0.2) is 36.4 Å². The third-order valence-electron chi connectivity index (χ3n) is 4.91. The molecule has 3 rings (SSSR count). The summed E-state index contributed by atoms with van der Waals surface area (Å²) in [6.07, 6.45) is 3.68. The Labute approximate surface area is 139 Å². The molecule has 1 N–H and O–H groups in total. The van der Waals surface area contributed by atoms with Crippen LogP contribution in [0.3, 0.4) is 0 Å². The summed E-state index contributed by atoms with van der Waals surface area (Å²) in [5.74, 6) is 1.03. The molecule has 1 aliphatic rings. The van der Waals surface area contributed by atoms with Gasteiger partial charge in [-0.05, 0) is 23.3 Å². The van der Waals surface area contributed by atoms with Gasteiger partial charge in [-0.3, -0.25) is 4.90 Å². The van der Waals surface area contributed by atoms with Gasteiger partial charge in [0.15, 0.2) is 0 Å². The number of nitrogens with zero attached hydrogens (tertiary/aromatic N) is 1. The number of fused-ring (bicyclic) bond motifs is 1. The molecule has 124 valence electrons. The average molecular weight is 312 g/mol. The molecule has 2 aromatic rings. The van der Waals surface area contributed by atoms with E-state index in [1.165, 1.54) is 35.6 Å². The number of nitrogens with one attached hydrogen (secondary N) is 1. The molecule has 1 saturated heterocycles. The Morgan fingerprint density at radius 1 is 1.13 bits per heavy atom. The number of methoxy groups -OCH3 is 1. The molecule has 3 nitrogen and oxygen atoms in total. The zero-order valence-electron chi connectivity index (χ0n) is 14.3. The van der Waals surface area contributed by atoms with Gasteiger partial charge in [0.05, 0.1) is 7.11 Å². The molecule has 0 aliphatic carbocycles. The maximum Gasteiger partial charge on any atom is 0.124 e. The highest BCUT2D eigenvalue weighted by atomic mass is 16.5. The van der Waals surface area contributed by atoms with Gasteiger partial charge in [0.1, 0.15) is 5.75 Å². The normalized spacial score (nSPS) is 17.3. The van der Waals surface area contributed by atoms with Gasteiger partial charge in [-0.25, -0.2) is 0 Å². The van der Waals surface area contributed by atoms with Crippen LogP contribution < -0.4 is 10.1 Å². The summed E-state index contributed by atoms with van der Waals surface area (Å²) < 4.78 is 5.76. The van der Waals surface area contributed by atoms with Crippen LogP contribution in [-0.4, -0.2) is 38.2 Å². The molecule has 0 amide bonds. The van der Waals surface area contributed by atoms with E-state index in [9.17, 15) is 0 Å². The van der Waals surface area contributed by atoms with E-state index in [0.29, 0.717) is 6.04 Å². The highest BCUT2D eigenvalue weighted by Crippen LogP contribution is 2.38. The van der Waals surface area contributed by atoms with Gasteiger partial charge in [0.2, 0.25) is 0 Å². The van der Waals surface area contributed by atoms with Crippen molar-refractivity contribution in [3.05, 3.63) is 42.0 Å². The summed E-state index contributed by atoms with van der Waals surface area (Å²) in [5, 5.41) is 6.11. The van der Waals surface area contributed by atoms with Gasteiger partial charge in [-0.1, -0.05) is 50.1 Å². The number of hydrogen-bond acceptors (Lipinski definition) is 3. The van der Waals surface area contributed by atoms with Gasteiger partial charge in [0.25, 0.3) is 0 Å². The topological polar surface area (TPSA) is 24.5 Å². The fourth-order valence-electron chi connectivity index (χ4n) is 3.70. The van der Waals surface area contributed by atoms with Crippen molar-refractivity contribution in [3.63, 3.8) is 0 Å². The van der Waals surface area contributed by atoms with Crippen LogP contribution in [0.2, 0.25) is 0 Å². The predicted molar refractivity (Wildman–Crippen MR) is 97.2 cm³/mol. The number of piperazine rings is 1. The van der Waals surface area contributed by atoms with Crippen LogP contribution in [0.25, 0.3) is 10.8 Å². The Hall–Kier alpha value is -1.58. The van der Waals surface area contributed by atoms with Gasteiger partial charge in [-0.15, -0.1) is 0 Å². The maximum absolute atomic E-state index is 5.76. The molecule has 0 bridgehead atoms. The third kappa shape index (κ3) is 3.51. The molecule has 0 radical (unpaired) electrons. The summed E-state index contributed by atoms with van der Waals surface area (Å²) >= 11 is 0. The quantitative estimate of drug-likeness (QED) is 0.873. The summed E-state index contributed by atoms with van der Waals surface area (Å²) in [6.45, 7) is 6.65. The molecule has 1 heterocycles.